The maximum atomic E-state index is 3.45. The third kappa shape index (κ3) is 2.35. The second-order valence-corrected chi connectivity index (χ2v) is 3.45. The fraction of sp³-hybridized carbons (Fsp3) is 1.00. The predicted molar refractivity (Wildman–Crippen MR) is 40.4 cm³/mol. The minimum Gasteiger partial charge on any atom is -0.316 e. The first kappa shape index (κ1) is 7.07. The van der Waals surface area contributed by atoms with Crippen LogP contribution in [0.1, 0.15) is 26.7 Å². The molecule has 1 fully saturated rings. The van der Waals surface area contributed by atoms with Crippen LogP contribution >= 0.6 is 0 Å². The van der Waals surface area contributed by atoms with Crippen molar-refractivity contribution < 1.29 is 0 Å². The number of hydrogen-bond donors (Lipinski definition) is 1. The van der Waals surface area contributed by atoms with E-state index in [1.807, 2.05) is 0 Å². The molecule has 0 amide bonds. The summed E-state index contributed by atoms with van der Waals surface area (Å²) in [6, 6.07) is 0. The highest BCUT2D eigenvalue weighted by molar-refractivity contribution is 4.67. The van der Waals surface area contributed by atoms with E-state index in [4.69, 9.17) is 0 Å². The van der Waals surface area contributed by atoms with E-state index < -0.39 is 0 Å². The largest absolute Gasteiger partial charge is 0.316 e. The molecule has 0 aliphatic carbocycles. The van der Waals surface area contributed by atoms with Crippen molar-refractivity contribution in [1.82, 2.24) is 5.32 Å². The van der Waals surface area contributed by atoms with Crippen molar-refractivity contribution in [3.8, 4) is 0 Å². The topological polar surface area (TPSA) is 12.0 Å². The van der Waals surface area contributed by atoms with Gasteiger partial charge in [0, 0.05) is 0 Å². The molecule has 1 heteroatoms. The Kier molecular flexibility index (Phi) is 2.52. The first-order valence-electron chi connectivity index (χ1n) is 3.99. The molecule has 1 heterocycles. The van der Waals surface area contributed by atoms with Crippen LogP contribution in [0.4, 0.5) is 0 Å². The first-order valence-corrected chi connectivity index (χ1v) is 3.99. The summed E-state index contributed by atoms with van der Waals surface area (Å²) in [7, 11) is 0. The molecule has 1 unspecified atom stereocenters. The Bertz CT molecular complexity index is 70.6. The Hall–Kier alpha value is -0.0400. The van der Waals surface area contributed by atoms with Gasteiger partial charge in [-0.1, -0.05) is 13.8 Å². The molecule has 54 valence electrons. The molecule has 1 aliphatic rings. The van der Waals surface area contributed by atoms with Crippen LogP contribution < -0.4 is 5.32 Å². The summed E-state index contributed by atoms with van der Waals surface area (Å²) in [5.41, 5.74) is 0. The number of hydrogen-bond acceptors (Lipinski definition) is 1. The van der Waals surface area contributed by atoms with Crippen LogP contribution in [0, 0.1) is 11.8 Å². The van der Waals surface area contributed by atoms with E-state index in [2.05, 4.69) is 19.2 Å². The fourth-order valence-electron chi connectivity index (χ4n) is 1.35. The van der Waals surface area contributed by atoms with E-state index in [-0.39, 0.29) is 0 Å². The Balaban J connectivity index is 2.25. The van der Waals surface area contributed by atoms with Crippen LogP contribution in [0.15, 0.2) is 0 Å². The number of nitrogens with one attached hydrogen (secondary N) is 1. The Morgan fingerprint density at radius 2 is 1.44 bits per heavy atom. The molecular weight excluding hydrogens is 110 g/mol. The molecule has 0 aromatic rings. The highest BCUT2D eigenvalue weighted by Gasteiger charge is 2.10. The van der Waals surface area contributed by atoms with E-state index >= 15 is 0 Å². The minimum absolute atomic E-state index is 0.898. The van der Waals surface area contributed by atoms with Crippen LogP contribution in [0.25, 0.3) is 0 Å². The van der Waals surface area contributed by atoms with Gasteiger partial charge in [0.2, 0.25) is 0 Å². The minimum atomic E-state index is 0.898. The Morgan fingerprint density at radius 1 is 1.00 bits per heavy atom. The maximum Gasteiger partial charge on any atom is -0.00230 e. The molecule has 2 atom stereocenters. The van der Waals surface area contributed by atoms with Gasteiger partial charge in [-0.25, -0.2) is 0 Å². The average Bonchev–Trinajstić information content (AvgIpc) is 1.97. The third-order valence-electron chi connectivity index (χ3n) is 2.14. The zero-order valence-corrected chi connectivity index (χ0v) is 6.48. The summed E-state index contributed by atoms with van der Waals surface area (Å²) >= 11 is 0. The van der Waals surface area contributed by atoms with E-state index in [9.17, 15) is 0 Å². The summed E-state index contributed by atoms with van der Waals surface area (Å²) in [5, 5.41) is 3.45. The molecule has 0 saturated carbocycles. The predicted octanol–water partition coefficient (Wildman–Crippen LogP) is 1.64. The quantitative estimate of drug-likeness (QED) is 0.521. The van der Waals surface area contributed by atoms with Crippen molar-refractivity contribution in [2.75, 3.05) is 13.1 Å². The van der Waals surface area contributed by atoms with Crippen LogP contribution in [0.3, 0.4) is 0 Å². The van der Waals surface area contributed by atoms with E-state index in [1.165, 1.54) is 25.9 Å². The molecule has 0 radical (unpaired) electrons. The van der Waals surface area contributed by atoms with Gasteiger partial charge in [-0.05, 0) is 37.8 Å². The molecule has 0 spiro atoms. The summed E-state index contributed by atoms with van der Waals surface area (Å²) in [6.07, 6.45) is 2.82. The summed E-state index contributed by atoms with van der Waals surface area (Å²) in [4.78, 5) is 0. The molecule has 1 saturated heterocycles. The first-order chi connectivity index (χ1) is 4.29. The summed E-state index contributed by atoms with van der Waals surface area (Å²) in [5.74, 6) is 1.80. The van der Waals surface area contributed by atoms with Gasteiger partial charge < -0.3 is 5.32 Å². The Labute approximate surface area is 57.8 Å². The van der Waals surface area contributed by atoms with Crippen molar-refractivity contribution in [3.63, 3.8) is 0 Å². The highest BCUT2D eigenvalue weighted by atomic mass is 14.9. The molecular formula is C8H17N. The SMILES string of the molecule is CC1CC[C@@H](C)CNC1. The van der Waals surface area contributed by atoms with Gasteiger partial charge in [-0.3, -0.25) is 0 Å². The zero-order valence-electron chi connectivity index (χ0n) is 6.48. The average molecular weight is 127 g/mol. The van der Waals surface area contributed by atoms with Gasteiger partial charge in [0.15, 0.2) is 0 Å². The molecule has 1 N–H and O–H groups in total. The van der Waals surface area contributed by atoms with Crippen molar-refractivity contribution >= 4 is 0 Å². The Morgan fingerprint density at radius 3 is 1.89 bits per heavy atom. The molecule has 1 rings (SSSR count). The molecule has 0 aromatic carbocycles. The lowest BCUT2D eigenvalue weighted by atomic mass is 10.0. The zero-order chi connectivity index (χ0) is 6.69. The molecule has 9 heavy (non-hydrogen) atoms. The van der Waals surface area contributed by atoms with E-state index in [0.29, 0.717) is 0 Å². The monoisotopic (exact) mass is 127 g/mol. The molecule has 1 aliphatic heterocycles. The summed E-state index contributed by atoms with van der Waals surface area (Å²) < 4.78 is 0. The van der Waals surface area contributed by atoms with Crippen LogP contribution in [-0.2, 0) is 0 Å². The smallest absolute Gasteiger partial charge is 0.00230 e. The highest BCUT2D eigenvalue weighted by Crippen LogP contribution is 2.14. The van der Waals surface area contributed by atoms with Gasteiger partial charge in [0.1, 0.15) is 0 Å². The van der Waals surface area contributed by atoms with Crippen molar-refractivity contribution in [2.45, 2.75) is 26.7 Å². The number of rotatable bonds is 0. The third-order valence-corrected chi connectivity index (χ3v) is 2.14. The van der Waals surface area contributed by atoms with Crippen LogP contribution in [0.5, 0.6) is 0 Å². The molecule has 0 aromatic heterocycles. The van der Waals surface area contributed by atoms with Crippen molar-refractivity contribution in [2.24, 2.45) is 11.8 Å². The fourth-order valence-corrected chi connectivity index (χ4v) is 1.35. The second kappa shape index (κ2) is 3.21. The standard InChI is InChI=1S/C8H17N/c1-7-3-4-8(2)6-9-5-7/h7-9H,3-6H2,1-2H3/t7-,8?/m1/s1. The van der Waals surface area contributed by atoms with Gasteiger partial charge in [0.05, 0.1) is 0 Å². The van der Waals surface area contributed by atoms with Gasteiger partial charge in [0.25, 0.3) is 0 Å². The van der Waals surface area contributed by atoms with Gasteiger partial charge in [-0.2, -0.15) is 0 Å². The molecule has 0 bridgehead atoms. The van der Waals surface area contributed by atoms with Gasteiger partial charge >= 0.3 is 0 Å². The van der Waals surface area contributed by atoms with E-state index in [0.717, 1.165) is 11.8 Å². The lowest BCUT2D eigenvalue weighted by Crippen LogP contribution is -2.21. The van der Waals surface area contributed by atoms with E-state index in [1.54, 1.807) is 0 Å². The summed E-state index contributed by atoms with van der Waals surface area (Å²) in [6.45, 7) is 7.10. The van der Waals surface area contributed by atoms with Crippen LogP contribution in [-0.4, -0.2) is 13.1 Å². The maximum absolute atomic E-state index is 3.45. The molecule has 1 nitrogen and oxygen atoms in total. The van der Waals surface area contributed by atoms with Crippen molar-refractivity contribution in [3.05, 3.63) is 0 Å². The second-order valence-electron chi connectivity index (χ2n) is 3.45. The van der Waals surface area contributed by atoms with Crippen molar-refractivity contribution in [1.29, 1.82) is 0 Å². The normalized spacial score (nSPS) is 38.0. The van der Waals surface area contributed by atoms with Crippen LogP contribution in [0.2, 0.25) is 0 Å². The van der Waals surface area contributed by atoms with Gasteiger partial charge in [-0.15, -0.1) is 0 Å². The lowest BCUT2D eigenvalue weighted by Gasteiger charge is -2.04. The lowest BCUT2D eigenvalue weighted by molar-refractivity contribution is 0.498.